The maximum Gasteiger partial charge on any atom is 0.345 e. The van der Waals surface area contributed by atoms with Crippen molar-refractivity contribution in [3.63, 3.8) is 0 Å². The van der Waals surface area contributed by atoms with E-state index in [-0.39, 0.29) is 18.8 Å². The van der Waals surface area contributed by atoms with Gasteiger partial charge in [-0.1, -0.05) is 30.3 Å². The number of benzene rings is 1. The number of carbonyl (C=O) groups is 4. The number of carbonyl (C=O) groups excluding carboxylic acids is 4. The van der Waals surface area contributed by atoms with Crippen LogP contribution in [0.5, 0.6) is 0 Å². The number of ketones is 2. The van der Waals surface area contributed by atoms with Crippen molar-refractivity contribution in [3.8, 4) is 0 Å². The Labute approximate surface area is 225 Å². The SMILES string of the molecule is C[C@]1(C(=O)[C@H](Cc2ccccc2)NC(=O)[C@H](COC(F)F)CC(=O)[C@H](COC(F)F)NC(=O)c2cnco2)CO1. The number of nitrogens with zero attached hydrogens (tertiary/aromatic N) is 1. The summed E-state index contributed by atoms with van der Waals surface area (Å²) in [7, 11) is 0. The van der Waals surface area contributed by atoms with E-state index >= 15 is 0 Å². The Morgan fingerprint density at radius 1 is 1.00 bits per heavy atom. The Balaban J connectivity index is 1.76. The molecule has 0 spiro atoms. The third-order valence-electron chi connectivity index (χ3n) is 5.99. The third kappa shape index (κ3) is 9.20. The van der Waals surface area contributed by atoms with Gasteiger partial charge in [0.25, 0.3) is 5.91 Å². The fourth-order valence-electron chi connectivity index (χ4n) is 3.71. The zero-order valence-electron chi connectivity index (χ0n) is 21.2. The van der Waals surface area contributed by atoms with E-state index in [2.05, 4.69) is 25.1 Å². The van der Waals surface area contributed by atoms with Crippen LogP contribution in [0.25, 0.3) is 0 Å². The van der Waals surface area contributed by atoms with Crippen molar-refractivity contribution < 1.29 is 55.4 Å². The topological polar surface area (TPSA) is 149 Å². The summed E-state index contributed by atoms with van der Waals surface area (Å²) in [6, 6.07) is 5.77. The molecule has 0 bridgehead atoms. The maximum atomic E-state index is 13.2. The number of amides is 2. The molecule has 0 radical (unpaired) electrons. The molecule has 40 heavy (non-hydrogen) atoms. The van der Waals surface area contributed by atoms with Crippen molar-refractivity contribution in [1.82, 2.24) is 15.6 Å². The summed E-state index contributed by atoms with van der Waals surface area (Å²) in [6.07, 6.45) is 1.14. The number of alkyl halides is 4. The van der Waals surface area contributed by atoms with E-state index in [4.69, 9.17) is 9.15 Å². The lowest BCUT2D eigenvalue weighted by molar-refractivity contribution is -0.155. The highest BCUT2D eigenvalue weighted by Crippen LogP contribution is 2.29. The number of halogens is 4. The number of aromatic nitrogens is 1. The predicted molar refractivity (Wildman–Crippen MR) is 126 cm³/mol. The van der Waals surface area contributed by atoms with Crippen molar-refractivity contribution in [1.29, 1.82) is 0 Å². The van der Waals surface area contributed by atoms with Gasteiger partial charge in [-0.3, -0.25) is 19.2 Å². The average Bonchev–Trinajstić information content (AvgIpc) is 3.42. The smallest absolute Gasteiger partial charge is 0.345 e. The van der Waals surface area contributed by atoms with Crippen molar-refractivity contribution in [2.75, 3.05) is 19.8 Å². The molecule has 0 aliphatic carbocycles. The first-order chi connectivity index (χ1) is 19.0. The Morgan fingerprint density at radius 2 is 1.65 bits per heavy atom. The summed E-state index contributed by atoms with van der Waals surface area (Å²) in [4.78, 5) is 55.1. The molecule has 218 valence electrons. The lowest BCUT2D eigenvalue weighted by Crippen LogP contribution is -2.51. The van der Waals surface area contributed by atoms with E-state index < -0.39 is 79.8 Å². The summed E-state index contributed by atoms with van der Waals surface area (Å²) in [5.41, 5.74) is -0.457. The molecule has 0 saturated carbocycles. The van der Waals surface area contributed by atoms with Crippen LogP contribution in [0.2, 0.25) is 0 Å². The molecule has 1 aliphatic rings. The highest BCUT2D eigenvalue weighted by molar-refractivity contribution is 5.99. The molecule has 3 rings (SSSR count). The average molecular weight is 573 g/mol. The molecule has 2 N–H and O–H groups in total. The molecular formula is C25H27F4N3O8. The molecule has 1 fully saturated rings. The van der Waals surface area contributed by atoms with Gasteiger partial charge in [-0.25, -0.2) is 4.98 Å². The molecular weight excluding hydrogens is 546 g/mol. The van der Waals surface area contributed by atoms with Gasteiger partial charge in [-0.05, 0) is 18.9 Å². The van der Waals surface area contributed by atoms with Crippen LogP contribution in [0, 0.1) is 5.92 Å². The summed E-state index contributed by atoms with van der Waals surface area (Å²) in [5, 5.41) is 4.62. The van der Waals surface area contributed by atoms with Crippen LogP contribution in [0.15, 0.2) is 47.3 Å². The Hall–Kier alpha value is -3.69. The van der Waals surface area contributed by atoms with Crippen LogP contribution in [0.3, 0.4) is 0 Å². The molecule has 2 heterocycles. The highest BCUT2D eigenvalue weighted by atomic mass is 19.3. The van der Waals surface area contributed by atoms with Gasteiger partial charge in [0.15, 0.2) is 18.0 Å². The largest absolute Gasteiger partial charge is 0.438 e. The molecule has 15 heteroatoms. The highest BCUT2D eigenvalue weighted by Gasteiger charge is 2.50. The van der Waals surface area contributed by atoms with E-state index in [1.165, 1.54) is 6.92 Å². The normalized spacial score (nSPS) is 18.7. The molecule has 11 nitrogen and oxygen atoms in total. The van der Waals surface area contributed by atoms with Gasteiger partial charge in [-0.15, -0.1) is 0 Å². The second-order valence-corrected chi connectivity index (χ2v) is 9.08. The molecule has 1 aromatic carbocycles. The summed E-state index contributed by atoms with van der Waals surface area (Å²) < 4.78 is 69.5. The number of epoxide rings is 1. The van der Waals surface area contributed by atoms with Gasteiger partial charge in [0, 0.05) is 6.42 Å². The zero-order chi connectivity index (χ0) is 29.3. The van der Waals surface area contributed by atoms with Gasteiger partial charge in [0.2, 0.25) is 11.7 Å². The number of rotatable bonds is 17. The minimum Gasteiger partial charge on any atom is -0.438 e. The fourth-order valence-corrected chi connectivity index (χ4v) is 3.71. The molecule has 1 saturated heterocycles. The molecule has 2 amide bonds. The maximum absolute atomic E-state index is 13.2. The minimum atomic E-state index is -3.30. The van der Waals surface area contributed by atoms with Crippen LogP contribution in [0.4, 0.5) is 17.6 Å². The number of hydrogen-bond acceptors (Lipinski definition) is 9. The van der Waals surface area contributed by atoms with Gasteiger partial charge in [0.05, 0.1) is 38.0 Å². The monoisotopic (exact) mass is 573 g/mol. The van der Waals surface area contributed by atoms with E-state index in [1.807, 2.05) is 0 Å². The van der Waals surface area contributed by atoms with Crippen LogP contribution in [-0.2, 0) is 35.0 Å². The van der Waals surface area contributed by atoms with Gasteiger partial charge >= 0.3 is 13.2 Å². The van der Waals surface area contributed by atoms with E-state index in [0.29, 0.717) is 5.56 Å². The quantitative estimate of drug-likeness (QED) is 0.214. The van der Waals surface area contributed by atoms with Crippen molar-refractivity contribution in [2.45, 2.75) is 50.7 Å². The van der Waals surface area contributed by atoms with E-state index in [9.17, 15) is 36.7 Å². The third-order valence-corrected chi connectivity index (χ3v) is 5.99. The van der Waals surface area contributed by atoms with Gasteiger partial charge < -0.3 is 29.3 Å². The number of oxazole rings is 1. The first-order valence-corrected chi connectivity index (χ1v) is 12.0. The summed E-state index contributed by atoms with van der Waals surface area (Å²) in [6.45, 7) is -6.88. The molecule has 1 aliphatic heterocycles. The van der Waals surface area contributed by atoms with Crippen molar-refractivity contribution in [3.05, 3.63) is 54.2 Å². The number of hydrogen-bond donors (Lipinski definition) is 2. The van der Waals surface area contributed by atoms with Crippen LogP contribution in [0.1, 0.15) is 29.5 Å². The molecule has 1 aromatic heterocycles. The van der Waals surface area contributed by atoms with Crippen molar-refractivity contribution >= 4 is 23.4 Å². The lowest BCUT2D eigenvalue weighted by atomic mass is 9.93. The second kappa shape index (κ2) is 14.1. The summed E-state index contributed by atoms with van der Waals surface area (Å²) in [5.74, 6) is -5.38. The van der Waals surface area contributed by atoms with Gasteiger partial charge in [0.1, 0.15) is 11.6 Å². The first-order valence-electron chi connectivity index (χ1n) is 12.0. The number of nitrogens with one attached hydrogen (secondary N) is 2. The van der Waals surface area contributed by atoms with E-state index in [1.54, 1.807) is 30.3 Å². The van der Waals surface area contributed by atoms with Crippen molar-refractivity contribution in [2.24, 2.45) is 5.92 Å². The standard InChI is InChI=1S/C25H27F4N3O8/c1-25(12-40-25)20(34)16(7-14-5-3-2-4-6-14)31-21(35)15(10-37-23(26)27)8-18(33)17(11-38-24(28)29)32-22(36)19-9-30-13-39-19/h2-6,9,13,15-17,23-24H,7-8,10-12H2,1H3,(H,31,35)(H,32,36)/t15-,16-,17-,25+/m0/s1. The Morgan fingerprint density at radius 3 is 2.23 bits per heavy atom. The Bertz CT molecular complexity index is 1150. The Kier molecular flexibility index (Phi) is 10.9. The minimum absolute atomic E-state index is 0.0405. The summed E-state index contributed by atoms with van der Waals surface area (Å²) >= 11 is 0. The fraction of sp³-hybridized carbons (Fsp3) is 0.480. The first kappa shape index (κ1) is 30.8. The zero-order valence-corrected chi connectivity index (χ0v) is 21.2. The molecule has 4 atom stereocenters. The van der Waals surface area contributed by atoms with Gasteiger partial charge in [-0.2, -0.15) is 17.6 Å². The predicted octanol–water partition coefficient (Wildman–Crippen LogP) is 1.91. The lowest BCUT2D eigenvalue weighted by Gasteiger charge is -2.24. The van der Waals surface area contributed by atoms with E-state index in [0.717, 1.165) is 12.6 Å². The number of ether oxygens (including phenoxy) is 3. The van der Waals surface area contributed by atoms with Crippen LogP contribution in [-0.4, -0.2) is 79.1 Å². The molecule has 2 aromatic rings. The van der Waals surface area contributed by atoms with Crippen LogP contribution < -0.4 is 10.6 Å². The van der Waals surface area contributed by atoms with Crippen LogP contribution >= 0.6 is 0 Å². The second-order valence-electron chi connectivity index (χ2n) is 9.08. The molecule has 0 unspecified atom stereocenters. The number of Topliss-reactive ketones (excluding diaryl/α,β-unsaturated/α-hetero) is 2.